The summed E-state index contributed by atoms with van der Waals surface area (Å²) in [7, 11) is 0. The van der Waals surface area contributed by atoms with Crippen LogP contribution in [-0.4, -0.2) is 5.11 Å². The quantitative estimate of drug-likeness (QED) is 0.654. The van der Waals surface area contributed by atoms with Gasteiger partial charge in [-0.05, 0) is 48.1 Å². The molecule has 1 aromatic carbocycles. The van der Waals surface area contributed by atoms with Gasteiger partial charge in [0.25, 0.3) is 0 Å². The van der Waals surface area contributed by atoms with E-state index in [1.54, 1.807) is 0 Å². The molecule has 0 fully saturated rings. The Morgan fingerprint density at radius 3 is 2.54 bits per heavy atom. The molecule has 1 unspecified atom stereocenters. The van der Waals surface area contributed by atoms with E-state index in [2.05, 4.69) is 22.6 Å². The molecule has 1 N–H and O–H groups in total. The Bertz CT molecular complexity index is 314. The van der Waals surface area contributed by atoms with Crippen LogP contribution in [0.1, 0.15) is 25.5 Å². The lowest BCUT2D eigenvalue weighted by atomic mass is 10.1. The van der Waals surface area contributed by atoms with Crippen LogP contribution in [0.3, 0.4) is 0 Å². The van der Waals surface area contributed by atoms with E-state index >= 15 is 0 Å². The molecule has 1 aromatic rings. The SMILES string of the molecule is CC(C)=CC(O)c1ccccc1I. The highest BCUT2D eigenvalue weighted by atomic mass is 127. The van der Waals surface area contributed by atoms with Crippen molar-refractivity contribution < 1.29 is 5.11 Å². The van der Waals surface area contributed by atoms with Gasteiger partial charge in [-0.3, -0.25) is 0 Å². The van der Waals surface area contributed by atoms with Gasteiger partial charge in [-0.25, -0.2) is 0 Å². The van der Waals surface area contributed by atoms with Crippen molar-refractivity contribution in [3.05, 3.63) is 45.0 Å². The van der Waals surface area contributed by atoms with Gasteiger partial charge in [0.05, 0.1) is 6.10 Å². The predicted molar refractivity (Wildman–Crippen MR) is 63.5 cm³/mol. The number of aliphatic hydroxyl groups is 1. The van der Waals surface area contributed by atoms with Crippen molar-refractivity contribution in [1.82, 2.24) is 0 Å². The molecule has 70 valence electrons. The second kappa shape index (κ2) is 4.77. The molecule has 0 aliphatic rings. The first-order valence-electron chi connectivity index (χ1n) is 4.19. The molecule has 0 saturated heterocycles. The van der Waals surface area contributed by atoms with Crippen LogP contribution < -0.4 is 0 Å². The van der Waals surface area contributed by atoms with E-state index in [1.807, 2.05) is 44.2 Å². The van der Waals surface area contributed by atoms with E-state index in [-0.39, 0.29) is 0 Å². The highest BCUT2D eigenvalue weighted by Crippen LogP contribution is 2.21. The zero-order valence-corrected chi connectivity index (χ0v) is 9.95. The third-order valence-electron chi connectivity index (χ3n) is 1.72. The lowest BCUT2D eigenvalue weighted by Gasteiger charge is -2.08. The second-order valence-electron chi connectivity index (χ2n) is 3.21. The summed E-state index contributed by atoms with van der Waals surface area (Å²) in [5.41, 5.74) is 2.11. The van der Waals surface area contributed by atoms with Crippen LogP contribution in [0.25, 0.3) is 0 Å². The Kier molecular flexibility index (Phi) is 3.93. The molecule has 0 aliphatic heterocycles. The largest absolute Gasteiger partial charge is 0.384 e. The molecule has 13 heavy (non-hydrogen) atoms. The first-order chi connectivity index (χ1) is 6.11. The Hall–Kier alpha value is -0.350. The van der Waals surface area contributed by atoms with Crippen molar-refractivity contribution in [2.75, 3.05) is 0 Å². The van der Waals surface area contributed by atoms with Crippen LogP contribution >= 0.6 is 22.6 Å². The molecule has 0 radical (unpaired) electrons. The Morgan fingerprint density at radius 2 is 2.00 bits per heavy atom. The van der Waals surface area contributed by atoms with Crippen molar-refractivity contribution in [3.8, 4) is 0 Å². The first kappa shape index (κ1) is 10.7. The lowest BCUT2D eigenvalue weighted by Crippen LogP contribution is -1.96. The van der Waals surface area contributed by atoms with Crippen molar-refractivity contribution >= 4 is 22.6 Å². The molecule has 0 heterocycles. The Morgan fingerprint density at radius 1 is 1.38 bits per heavy atom. The summed E-state index contributed by atoms with van der Waals surface area (Å²) < 4.78 is 1.10. The van der Waals surface area contributed by atoms with Gasteiger partial charge in [0.15, 0.2) is 0 Å². The maximum absolute atomic E-state index is 9.79. The summed E-state index contributed by atoms with van der Waals surface area (Å²) in [5, 5.41) is 9.79. The van der Waals surface area contributed by atoms with E-state index in [4.69, 9.17) is 0 Å². The van der Waals surface area contributed by atoms with E-state index in [0.29, 0.717) is 0 Å². The summed E-state index contributed by atoms with van der Waals surface area (Å²) in [6.07, 6.45) is 1.38. The summed E-state index contributed by atoms with van der Waals surface area (Å²) in [6, 6.07) is 7.86. The third kappa shape index (κ3) is 3.12. The van der Waals surface area contributed by atoms with E-state index in [1.165, 1.54) is 0 Å². The number of hydrogen-bond acceptors (Lipinski definition) is 1. The molecule has 1 atom stereocenters. The molecule has 1 nitrogen and oxygen atoms in total. The Labute approximate surface area is 92.6 Å². The fraction of sp³-hybridized carbons (Fsp3) is 0.273. The minimum Gasteiger partial charge on any atom is -0.384 e. The maximum Gasteiger partial charge on any atom is 0.0984 e. The maximum atomic E-state index is 9.79. The zero-order valence-electron chi connectivity index (χ0n) is 7.79. The van der Waals surface area contributed by atoms with Crippen LogP contribution in [-0.2, 0) is 0 Å². The van der Waals surface area contributed by atoms with Crippen molar-refractivity contribution in [1.29, 1.82) is 0 Å². The molecular formula is C11H13IO. The molecule has 0 bridgehead atoms. The van der Waals surface area contributed by atoms with Gasteiger partial charge in [0.1, 0.15) is 0 Å². The molecule has 0 aromatic heterocycles. The normalized spacial score (nSPS) is 12.3. The van der Waals surface area contributed by atoms with Gasteiger partial charge < -0.3 is 5.11 Å². The number of benzene rings is 1. The van der Waals surface area contributed by atoms with Crippen molar-refractivity contribution in [2.24, 2.45) is 0 Å². The van der Waals surface area contributed by atoms with Crippen molar-refractivity contribution in [3.63, 3.8) is 0 Å². The molecule has 0 aliphatic carbocycles. The summed E-state index contributed by atoms with van der Waals surface area (Å²) in [5.74, 6) is 0. The monoisotopic (exact) mass is 288 g/mol. The number of halogens is 1. The van der Waals surface area contributed by atoms with Crippen LogP contribution in [0, 0.1) is 3.57 Å². The Balaban J connectivity index is 2.95. The smallest absolute Gasteiger partial charge is 0.0984 e. The van der Waals surface area contributed by atoms with Crippen LogP contribution in [0.15, 0.2) is 35.9 Å². The fourth-order valence-electron chi connectivity index (χ4n) is 1.12. The second-order valence-corrected chi connectivity index (χ2v) is 4.37. The molecule has 0 saturated carbocycles. The van der Waals surface area contributed by atoms with Gasteiger partial charge in [-0.2, -0.15) is 0 Å². The molecule has 0 amide bonds. The number of allylic oxidation sites excluding steroid dienone is 1. The van der Waals surface area contributed by atoms with Gasteiger partial charge in [0, 0.05) is 3.57 Å². The number of aliphatic hydroxyl groups excluding tert-OH is 1. The van der Waals surface area contributed by atoms with Gasteiger partial charge in [-0.1, -0.05) is 29.8 Å². The van der Waals surface area contributed by atoms with Crippen LogP contribution in [0.2, 0.25) is 0 Å². The average Bonchev–Trinajstić information content (AvgIpc) is 2.03. The number of rotatable bonds is 2. The lowest BCUT2D eigenvalue weighted by molar-refractivity contribution is 0.227. The number of hydrogen-bond donors (Lipinski definition) is 1. The predicted octanol–water partition coefficient (Wildman–Crippen LogP) is 3.29. The van der Waals surface area contributed by atoms with Crippen LogP contribution in [0.4, 0.5) is 0 Å². The standard InChI is InChI=1S/C11H13IO/c1-8(2)7-11(13)9-5-3-4-6-10(9)12/h3-7,11,13H,1-2H3. The van der Waals surface area contributed by atoms with Crippen molar-refractivity contribution in [2.45, 2.75) is 20.0 Å². The van der Waals surface area contributed by atoms with Gasteiger partial charge in [-0.15, -0.1) is 0 Å². The molecule has 0 spiro atoms. The van der Waals surface area contributed by atoms with E-state index in [0.717, 1.165) is 14.7 Å². The molecule has 1 rings (SSSR count). The van der Waals surface area contributed by atoms with Gasteiger partial charge >= 0.3 is 0 Å². The first-order valence-corrected chi connectivity index (χ1v) is 5.26. The van der Waals surface area contributed by atoms with E-state index < -0.39 is 6.10 Å². The van der Waals surface area contributed by atoms with Gasteiger partial charge in [0.2, 0.25) is 0 Å². The minimum absolute atomic E-state index is 0.474. The third-order valence-corrected chi connectivity index (χ3v) is 2.70. The topological polar surface area (TPSA) is 20.2 Å². The highest BCUT2D eigenvalue weighted by molar-refractivity contribution is 14.1. The molecular weight excluding hydrogens is 275 g/mol. The van der Waals surface area contributed by atoms with Crippen LogP contribution in [0.5, 0.6) is 0 Å². The average molecular weight is 288 g/mol. The zero-order chi connectivity index (χ0) is 9.84. The molecule has 2 heteroatoms. The highest BCUT2D eigenvalue weighted by Gasteiger charge is 2.06. The van der Waals surface area contributed by atoms with E-state index in [9.17, 15) is 5.11 Å². The summed E-state index contributed by atoms with van der Waals surface area (Å²) in [4.78, 5) is 0. The minimum atomic E-state index is -0.474. The fourth-order valence-corrected chi connectivity index (χ4v) is 1.83. The summed E-state index contributed by atoms with van der Waals surface area (Å²) >= 11 is 2.23. The summed E-state index contributed by atoms with van der Waals surface area (Å²) in [6.45, 7) is 3.97.